The minimum absolute atomic E-state index is 0.124. The van der Waals surface area contributed by atoms with Crippen molar-refractivity contribution in [1.82, 2.24) is 15.3 Å². The van der Waals surface area contributed by atoms with E-state index in [1.54, 1.807) is 11.3 Å². The van der Waals surface area contributed by atoms with Gasteiger partial charge in [0, 0.05) is 19.3 Å². The van der Waals surface area contributed by atoms with Crippen LogP contribution in [-0.4, -0.2) is 34.1 Å². The number of nitrogens with zero attached hydrogens (tertiary/aromatic N) is 3. The zero-order chi connectivity index (χ0) is 19.3. The van der Waals surface area contributed by atoms with Crippen molar-refractivity contribution in [1.29, 1.82) is 0 Å². The van der Waals surface area contributed by atoms with Crippen LogP contribution in [0.4, 0.5) is 0 Å². The Kier molecular flexibility index (Phi) is 5.43. The number of aromatic nitrogens is 1. The Morgan fingerprint density at radius 3 is 2.64 bits per heavy atom. The maximum absolute atomic E-state index is 12.3. The second-order valence-corrected chi connectivity index (χ2v) is 7.65. The summed E-state index contributed by atoms with van der Waals surface area (Å²) >= 11 is 1.56. The van der Waals surface area contributed by atoms with Crippen molar-refractivity contribution in [3.63, 3.8) is 0 Å². The van der Waals surface area contributed by atoms with Crippen molar-refractivity contribution in [2.45, 2.75) is 25.8 Å². The van der Waals surface area contributed by atoms with E-state index in [9.17, 15) is 9.59 Å². The van der Waals surface area contributed by atoms with E-state index in [0.717, 1.165) is 32.9 Å². The average Bonchev–Trinajstić information content (AvgIpc) is 3.38. The lowest BCUT2D eigenvalue weighted by molar-refractivity contribution is -0.133. The summed E-state index contributed by atoms with van der Waals surface area (Å²) in [6.45, 7) is 0.947. The minimum atomic E-state index is -0.154. The maximum Gasteiger partial charge on any atom is 0.243 e. The molecule has 2 aromatic carbocycles. The quantitative estimate of drug-likeness (QED) is 0.699. The second kappa shape index (κ2) is 8.31. The summed E-state index contributed by atoms with van der Waals surface area (Å²) in [6.07, 6.45) is 1.03. The van der Waals surface area contributed by atoms with Gasteiger partial charge in [0.15, 0.2) is 0 Å². The highest BCUT2D eigenvalue weighted by atomic mass is 32.1. The fourth-order valence-corrected chi connectivity index (χ4v) is 3.99. The van der Waals surface area contributed by atoms with Gasteiger partial charge < -0.3 is 5.32 Å². The molecule has 1 aliphatic heterocycles. The lowest BCUT2D eigenvalue weighted by Gasteiger charge is -2.11. The average molecular weight is 392 g/mol. The molecule has 1 N–H and O–H groups in total. The number of carbonyl (C=O) groups excluding carboxylic acids is 2. The highest BCUT2D eigenvalue weighted by Crippen LogP contribution is 2.21. The van der Waals surface area contributed by atoms with E-state index in [1.165, 1.54) is 5.01 Å². The van der Waals surface area contributed by atoms with E-state index >= 15 is 0 Å². The molecular weight excluding hydrogens is 372 g/mol. The van der Waals surface area contributed by atoms with Crippen molar-refractivity contribution in [3.8, 4) is 0 Å². The molecule has 7 heteroatoms. The molecule has 1 aliphatic rings. The third-order valence-corrected chi connectivity index (χ3v) is 5.57. The Morgan fingerprint density at radius 1 is 1.04 bits per heavy atom. The van der Waals surface area contributed by atoms with Gasteiger partial charge in [-0.15, -0.1) is 11.3 Å². The summed E-state index contributed by atoms with van der Waals surface area (Å²) in [7, 11) is 0. The van der Waals surface area contributed by atoms with Crippen molar-refractivity contribution in [3.05, 3.63) is 65.2 Å². The highest BCUT2D eigenvalue weighted by Gasteiger charge is 2.21. The number of hydrogen-bond donors (Lipinski definition) is 1. The van der Waals surface area contributed by atoms with Crippen LogP contribution in [-0.2, 0) is 16.1 Å². The number of hydrogen-bond acceptors (Lipinski definition) is 5. The molecule has 2 heterocycles. The fraction of sp³-hybridized carbons (Fsp3) is 0.238. The van der Waals surface area contributed by atoms with Crippen LogP contribution in [0.2, 0.25) is 0 Å². The van der Waals surface area contributed by atoms with E-state index < -0.39 is 0 Å². The van der Waals surface area contributed by atoms with Crippen molar-refractivity contribution >= 4 is 39.1 Å². The molecule has 4 rings (SSSR count). The van der Waals surface area contributed by atoms with Gasteiger partial charge in [0.05, 0.1) is 29.0 Å². The summed E-state index contributed by atoms with van der Waals surface area (Å²) in [5.41, 5.74) is 2.88. The number of rotatable bonds is 6. The van der Waals surface area contributed by atoms with Crippen molar-refractivity contribution in [2.24, 2.45) is 5.10 Å². The molecule has 0 spiro atoms. The molecule has 0 saturated heterocycles. The summed E-state index contributed by atoms with van der Waals surface area (Å²) in [5.74, 6) is -0.278. The Bertz CT molecular complexity index is 996. The summed E-state index contributed by atoms with van der Waals surface area (Å²) in [5, 5.41) is 9.59. The molecule has 0 saturated carbocycles. The fourth-order valence-electron chi connectivity index (χ4n) is 3.08. The SMILES string of the molecule is O=C(CCC(=O)N1CCC(c2ccccc2)=N1)NCc1nc2ccccc2s1. The molecule has 0 atom stereocenters. The number of para-hydroxylation sites is 1. The number of amides is 2. The molecule has 0 aliphatic carbocycles. The van der Waals surface area contributed by atoms with Crippen molar-refractivity contribution < 1.29 is 9.59 Å². The van der Waals surface area contributed by atoms with Crippen LogP contribution >= 0.6 is 11.3 Å². The summed E-state index contributed by atoms with van der Waals surface area (Å²) < 4.78 is 1.10. The first-order valence-electron chi connectivity index (χ1n) is 9.23. The van der Waals surface area contributed by atoms with Crippen LogP contribution in [0.3, 0.4) is 0 Å². The van der Waals surface area contributed by atoms with E-state index in [4.69, 9.17) is 0 Å². The first-order chi connectivity index (χ1) is 13.7. The van der Waals surface area contributed by atoms with E-state index in [2.05, 4.69) is 15.4 Å². The van der Waals surface area contributed by atoms with Gasteiger partial charge in [0.2, 0.25) is 11.8 Å². The van der Waals surface area contributed by atoms with Crippen LogP contribution in [0.25, 0.3) is 10.2 Å². The monoisotopic (exact) mass is 392 g/mol. The van der Waals surface area contributed by atoms with Crippen LogP contribution in [0.15, 0.2) is 59.7 Å². The number of nitrogens with one attached hydrogen (secondary N) is 1. The Morgan fingerprint density at radius 2 is 1.82 bits per heavy atom. The second-order valence-electron chi connectivity index (χ2n) is 6.53. The van der Waals surface area contributed by atoms with Crippen LogP contribution in [0, 0.1) is 0 Å². The first kappa shape index (κ1) is 18.3. The third kappa shape index (κ3) is 4.26. The van der Waals surface area contributed by atoms with Gasteiger partial charge in [-0.3, -0.25) is 9.59 Å². The number of fused-ring (bicyclic) bond motifs is 1. The minimum Gasteiger partial charge on any atom is -0.350 e. The van der Waals surface area contributed by atoms with E-state index in [0.29, 0.717) is 13.1 Å². The van der Waals surface area contributed by atoms with Gasteiger partial charge in [0.1, 0.15) is 5.01 Å². The predicted octanol–water partition coefficient (Wildman–Crippen LogP) is 3.33. The van der Waals surface area contributed by atoms with Crippen molar-refractivity contribution in [2.75, 3.05) is 6.54 Å². The molecule has 0 unspecified atom stereocenters. The van der Waals surface area contributed by atoms with Crippen LogP contribution in [0.1, 0.15) is 29.8 Å². The summed E-state index contributed by atoms with van der Waals surface area (Å²) in [6, 6.07) is 17.7. The smallest absolute Gasteiger partial charge is 0.243 e. The van der Waals surface area contributed by atoms with E-state index in [-0.39, 0.29) is 24.7 Å². The molecule has 0 fully saturated rings. The Labute approximate surface area is 166 Å². The number of benzene rings is 2. The Hall–Kier alpha value is -3.06. The molecule has 142 valence electrons. The number of carbonyl (C=O) groups is 2. The molecule has 28 heavy (non-hydrogen) atoms. The highest BCUT2D eigenvalue weighted by molar-refractivity contribution is 7.18. The predicted molar refractivity (Wildman–Crippen MR) is 110 cm³/mol. The summed E-state index contributed by atoms with van der Waals surface area (Å²) in [4.78, 5) is 28.9. The van der Waals surface area contributed by atoms with Gasteiger partial charge in [-0.1, -0.05) is 42.5 Å². The lowest BCUT2D eigenvalue weighted by atomic mass is 10.1. The molecule has 0 bridgehead atoms. The normalized spacial score (nSPS) is 13.6. The largest absolute Gasteiger partial charge is 0.350 e. The van der Waals surface area contributed by atoms with Gasteiger partial charge in [0.25, 0.3) is 0 Å². The maximum atomic E-state index is 12.3. The lowest BCUT2D eigenvalue weighted by Crippen LogP contribution is -2.27. The first-order valence-corrected chi connectivity index (χ1v) is 10.0. The van der Waals surface area contributed by atoms with Gasteiger partial charge in [-0.2, -0.15) is 5.10 Å². The van der Waals surface area contributed by atoms with E-state index in [1.807, 2.05) is 54.6 Å². The van der Waals surface area contributed by atoms with Gasteiger partial charge in [-0.25, -0.2) is 9.99 Å². The number of hydrazone groups is 1. The van der Waals surface area contributed by atoms with Crippen LogP contribution in [0.5, 0.6) is 0 Å². The zero-order valence-electron chi connectivity index (χ0n) is 15.3. The standard InChI is InChI=1S/C21H20N4O2S/c26-19(22-14-20-23-17-8-4-5-9-18(17)28-20)10-11-21(27)25-13-12-16(24-25)15-6-2-1-3-7-15/h1-9H,10-14H2,(H,22,26). The topological polar surface area (TPSA) is 74.7 Å². The Balaban J connectivity index is 1.25. The van der Waals surface area contributed by atoms with Crippen LogP contribution < -0.4 is 5.32 Å². The molecule has 3 aromatic rings. The molecular formula is C21H20N4O2S. The molecule has 2 amide bonds. The third-order valence-electron chi connectivity index (χ3n) is 4.54. The molecule has 6 nitrogen and oxygen atoms in total. The van der Waals surface area contributed by atoms with Gasteiger partial charge >= 0.3 is 0 Å². The number of thiazole rings is 1. The zero-order valence-corrected chi connectivity index (χ0v) is 16.1. The molecule has 1 aromatic heterocycles. The van der Waals surface area contributed by atoms with Gasteiger partial charge in [-0.05, 0) is 17.7 Å². The molecule has 0 radical (unpaired) electrons.